The summed E-state index contributed by atoms with van der Waals surface area (Å²) in [5.41, 5.74) is 1.13. The normalized spacial score (nSPS) is 26.6. The number of hydrogen-bond acceptors (Lipinski definition) is 3. The molecule has 2 amide bonds. The molecule has 3 aliphatic rings. The fourth-order valence-corrected chi connectivity index (χ4v) is 5.03. The Morgan fingerprint density at radius 1 is 0.840 bits per heavy atom. The Bertz CT molecular complexity index is 620. The van der Waals surface area contributed by atoms with Crippen LogP contribution < -0.4 is 0 Å². The van der Waals surface area contributed by atoms with Crippen LogP contribution in [-0.4, -0.2) is 47.3 Å². The molecule has 2 fully saturated rings. The summed E-state index contributed by atoms with van der Waals surface area (Å²) in [5, 5.41) is 0. The third kappa shape index (κ3) is 3.24. The van der Waals surface area contributed by atoms with Crippen LogP contribution in [0.3, 0.4) is 0 Å². The van der Waals surface area contributed by atoms with E-state index in [9.17, 15) is 9.59 Å². The van der Waals surface area contributed by atoms with Gasteiger partial charge in [0.05, 0.1) is 11.1 Å². The first-order valence-corrected chi connectivity index (χ1v) is 9.95. The van der Waals surface area contributed by atoms with Gasteiger partial charge in [0.25, 0.3) is 11.8 Å². The SMILES string of the molecule is O=C1c2ccccc2C(=O)N1CCCCN1CCC[C@H]2CCCC[C@H]21. The second-order valence-electron chi connectivity index (χ2n) is 7.80. The van der Waals surface area contributed by atoms with E-state index in [0.717, 1.165) is 31.3 Å². The summed E-state index contributed by atoms with van der Waals surface area (Å²) < 4.78 is 0. The van der Waals surface area contributed by atoms with Crippen molar-refractivity contribution in [3.05, 3.63) is 35.4 Å². The van der Waals surface area contributed by atoms with Gasteiger partial charge in [0.1, 0.15) is 0 Å². The summed E-state index contributed by atoms with van der Waals surface area (Å²) in [5.74, 6) is 0.676. The Hall–Kier alpha value is -1.68. The van der Waals surface area contributed by atoms with Crippen molar-refractivity contribution in [2.75, 3.05) is 19.6 Å². The fraction of sp³-hybridized carbons (Fsp3) is 0.619. The van der Waals surface area contributed by atoms with Gasteiger partial charge in [-0.25, -0.2) is 0 Å². The lowest BCUT2D eigenvalue weighted by atomic mass is 9.78. The Morgan fingerprint density at radius 3 is 2.24 bits per heavy atom. The van der Waals surface area contributed by atoms with Crippen LogP contribution in [0.25, 0.3) is 0 Å². The van der Waals surface area contributed by atoms with Crippen LogP contribution in [0.1, 0.15) is 72.1 Å². The highest BCUT2D eigenvalue weighted by molar-refractivity contribution is 6.21. The van der Waals surface area contributed by atoms with Crippen molar-refractivity contribution >= 4 is 11.8 Å². The van der Waals surface area contributed by atoms with Gasteiger partial charge in [0.15, 0.2) is 0 Å². The molecule has 1 aromatic carbocycles. The molecule has 134 valence electrons. The number of likely N-dealkylation sites (tertiary alicyclic amines) is 1. The number of rotatable bonds is 5. The highest BCUT2D eigenvalue weighted by atomic mass is 16.2. The molecular weight excluding hydrogens is 312 g/mol. The molecule has 2 heterocycles. The smallest absolute Gasteiger partial charge is 0.261 e. The van der Waals surface area contributed by atoms with Gasteiger partial charge in [-0.3, -0.25) is 14.5 Å². The van der Waals surface area contributed by atoms with Crippen LogP contribution in [0.15, 0.2) is 24.3 Å². The Balaban J connectivity index is 1.27. The molecule has 0 unspecified atom stereocenters. The molecule has 4 nitrogen and oxygen atoms in total. The monoisotopic (exact) mass is 340 g/mol. The molecule has 0 spiro atoms. The van der Waals surface area contributed by atoms with E-state index in [0.29, 0.717) is 17.7 Å². The standard InChI is InChI=1S/C21H28N2O2/c24-20-17-10-2-3-11-18(17)21(25)23(20)15-6-5-13-22-14-7-9-16-8-1-4-12-19(16)22/h2-3,10-11,16,19H,1,4-9,12-15H2/t16-,19-/m1/s1. The molecule has 1 saturated heterocycles. The lowest BCUT2D eigenvalue weighted by Gasteiger charge is -2.44. The predicted octanol–water partition coefficient (Wildman–Crippen LogP) is 3.72. The molecule has 1 saturated carbocycles. The maximum atomic E-state index is 12.4. The van der Waals surface area contributed by atoms with Crippen LogP contribution >= 0.6 is 0 Å². The van der Waals surface area contributed by atoms with Crippen molar-refractivity contribution < 1.29 is 9.59 Å². The summed E-state index contributed by atoms with van der Waals surface area (Å²) in [7, 11) is 0. The minimum Gasteiger partial charge on any atom is -0.300 e. The lowest BCUT2D eigenvalue weighted by Crippen LogP contribution is -2.47. The molecule has 0 aromatic heterocycles. The minimum atomic E-state index is -0.120. The number of hydrogen-bond donors (Lipinski definition) is 0. The van der Waals surface area contributed by atoms with Crippen molar-refractivity contribution in [3.8, 4) is 0 Å². The van der Waals surface area contributed by atoms with E-state index in [2.05, 4.69) is 4.90 Å². The first kappa shape index (κ1) is 16.8. The summed E-state index contributed by atoms with van der Waals surface area (Å²) in [4.78, 5) is 28.9. The van der Waals surface area contributed by atoms with Gasteiger partial charge in [-0.1, -0.05) is 25.0 Å². The van der Waals surface area contributed by atoms with E-state index in [4.69, 9.17) is 0 Å². The van der Waals surface area contributed by atoms with Gasteiger partial charge in [0, 0.05) is 12.6 Å². The summed E-state index contributed by atoms with van der Waals surface area (Å²) >= 11 is 0. The van der Waals surface area contributed by atoms with Gasteiger partial charge in [-0.15, -0.1) is 0 Å². The zero-order valence-corrected chi connectivity index (χ0v) is 15.0. The molecule has 25 heavy (non-hydrogen) atoms. The molecule has 1 aromatic rings. The fourth-order valence-electron chi connectivity index (χ4n) is 5.03. The molecular formula is C21H28N2O2. The van der Waals surface area contributed by atoms with Crippen LogP contribution in [0.2, 0.25) is 0 Å². The van der Waals surface area contributed by atoms with Crippen LogP contribution in [-0.2, 0) is 0 Å². The highest BCUT2D eigenvalue weighted by Crippen LogP contribution is 2.35. The number of benzene rings is 1. The molecule has 0 radical (unpaired) electrons. The molecule has 0 N–H and O–H groups in total. The van der Waals surface area contributed by atoms with E-state index in [1.54, 1.807) is 12.1 Å². The molecule has 4 rings (SSSR count). The van der Waals surface area contributed by atoms with E-state index in [1.165, 1.54) is 50.0 Å². The predicted molar refractivity (Wildman–Crippen MR) is 97.6 cm³/mol. The highest BCUT2D eigenvalue weighted by Gasteiger charge is 2.35. The van der Waals surface area contributed by atoms with Gasteiger partial charge >= 0.3 is 0 Å². The summed E-state index contributed by atoms with van der Waals surface area (Å²) in [6, 6.07) is 7.95. The van der Waals surface area contributed by atoms with Crippen molar-refractivity contribution in [1.29, 1.82) is 0 Å². The van der Waals surface area contributed by atoms with Crippen molar-refractivity contribution in [2.24, 2.45) is 5.92 Å². The first-order chi connectivity index (χ1) is 12.3. The number of piperidine rings is 1. The second-order valence-corrected chi connectivity index (χ2v) is 7.80. The van der Waals surface area contributed by atoms with E-state index in [-0.39, 0.29) is 11.8 Å². The van der Waals surface area contributed by atoms with Gasteiger partial charge < -0.3 is 4.90 Å². The maximum absolute atomic E-state index is 12.4. The largest absolute Gasteiger partial charge is 0.300 e. The van der Waals surface area contributed by atoms with E-state index < -0.39 is 0 Å². The molecule has 2 aliphatic heterocycles. The van der Waals surface area contributed by atoms with E-state index in [1.807, 2.05) is 12.1 Å². The third-order valence-electron chi connectivity index (χ3n) is 6.31. The van der Waals surface area contributed by atoms with Gasteiger partial charge in [0.2, 0.25) is 0 Å². The molecule has 0 bridgehead atoms. The molecule has 1 aliphatic carbocycles. The summed E-state index contributed by atoms with van der Waals surface area (Å²) in [6.07, 6.45) is 10.3. The van der Waals surface area contributed by atoms with Gasteiger partial charge in [-0.2, -0.15) is 0 Å². The number of carbonyl (C=O) groups excluding carboxylic acids is 2. The zero-order valence-electron chi connectivity index (χ0n) is 15.0. The number of nitrogens with zero attached hydrogens (tertiary/aromatic N) is 2. The van der Waals surface area contributed by atoms with Crippen LogP contribution in [0.5, 0.6) is 0 Å². The first-order valence-electron chi connectivity index (χ1n) is 9.95. The van der Waals surface area contributed by atoms with E-state index >= 15 is 0 Å². The van der Waals surface area contributed by atoms with Crippen LogP contribution in [0.4, 0.5) is 0 Å². The molecule has 4 heteroatoms. The summed E-state index contributed by atoms with van der Waals surface area (Å²) in [6.45, 7) is 2.90. The number of carbonyl (C=O) groups is 2. The second kappa shape index (κ2) is 7.28. The Morgan fingerprint density at radius 2 is 1.48 bits per heavy atom. The van der Waals surface area contributed by atoms with Crippen LogP contribution in [0, 0.1) is 5.92 Å². The third-order valence-corrected chi connectivity index (χ3v) is 6.31. The van der Waals surface area contributed by atoms with Crippen molar-refractivity contribution in [2.45, 2.75) is 57.4 Å². The zero-order chi connectivity index (χ0) is 17.2. The topological polar surface area (TPSA) is 40.6 Å². The average molecular weight is 340 g/mol. The number of imide groups is 1. The van der Waals surface area contributed by atoms with Gasteiger partial charge in [-0.05, 0) is 69.7 Å². The maximum Gasteiger partial charge on any atom is 0.261 e. The van der Waals surface area contributed by atoms with Crippen molar-refractivity contribution in [3.63, 3.8) is 0 Å². The number of fused-ring (bicyclic) bond motifs is 2. The Labute approximate surface area is 150 Å². The number of unbranched alkanes of at least 4 members (excludes halogenated alkanes) is 1. The minimum absolute atomic E-state index is 0.120. The lowest BCUT2D eigenvalue weighted by molar-refractivity contribution is 0.0567. The number of amides is 2. The quantitative estimate of drug-likeness (QED) is 0.606. The average Bonchev–Trinajstić information content (AvgIpc) is 2.90. The van der Waals surface area contributed by atoms with Crippen molar-refractivity contribution in [1.82, 2.24) is 9.80 Å². The Kier molecular flexibility index (Phi) is 4.89. The molecule has 2 atom stereocenters.